The number of thioether (sulfide) groups is 1. The zero-order chi connectivity index (χ0) is 27.9. The van der Waals surface area contributed by atoms with Crippen LogP contribution in [0.25, 0.3) is 0 Å². The molecule has 39 heavy (non-hydrogen) atoms. The molecule has 10 nitrogen and oxygen atoms in total. The Morgan fingerprint density at radius 3 is 2.38 bits per heavy atom. The zero-order valence-electron chi connectivity index (χ0n) is 21.2. The second-order valence-electron chi connectivity index (χ2n) is 8.90. The number of halogens is 2. The largest absolute Gasteiger partial charge is 0.467 e. The highest BCUT2D eigenvalue weighted by molar-refractivity contribution is 7.99. The minimum atomic E-state index is -0.962. The number of ether oxygens (including phenoxy) is 2. The highest BCUT2D eigenvalue weighted by Crippen LogP contribution is 2.26. The number of nitrogens with zero attached hydrogens (tertiary/aromatic N) is 2. The molecule has 208 valence electrons. The van der Waals surface area contributed by atoms with E-state index in [-0.39, 0.29) is 28.1 Å². The summed E-state index contributed by atoms with van der Waals surface area (Å²) in [4.78, 5) is 54.6. The maximum Gasteiger partial charge on any atom is 0.328 e. The number of hydrogen-bond donors (Lipinski definition) is 2. The van der Waals surface area contributed by atoms with Crippen molar-refractivity contribution in [2.24, 2.45) is 0 Å². The number of hydrogen-bond acceptors (Lipinski definition) is 7. The Kier molecular flexibility index (Phi) is 9.95. The SMILES string of the molecule is COC(=O)[C@H](Cc1ccc(NC(=O)c2c(Cl)cccc2Cl)cc1)NC(=O)[C@H]1CSCN1C(=O)N1CCOCC1. The third-order valence-electron chi connectivity index (χ3n) is 6.36. The van der Waals surface area contributed by atoms with E-state index in [0.29, 0.717) is 43.6 Å². The monoisotopic (exact) mass is 594 g/mol. The molecule has 2 N–H and O–H groups in total. The first-order valence-corrected chi connectivity index (χ1v) is 14.1. The van der Waals surface area contributed by atoms with E-state index in [9.17, 15) is 19.2 Å². The van der Waals surface area contributed by atoms with Gasteiger partial charge in [0.15, 0.2) is 0 Å². The summed E-state index contributed by atoms with van der Waals surface area (Å²) in [6.07, 6.45) is 0.153. The average molecular weight is 596 g/mol. The molecule has 0 unspecified atom stereocenters. The molecule has 0 saturated carbocycles. The molecule has 2 heterocycles. The molecular weight excluding hydrogens is 567 g/mol. The molecule has 2 saturated heterocycles. The molecule has 0 aliphatic carbocycles. The number of urea groups is 1. The summed E-state index contributed by atoms with van der Waals surface area (Å²) in [6.45, 7) is 1.87. The topological polar surface area (TPSA) is 117 Å². The zero-order valence-corrected chi connectivity index (χ0v) is 23.5. The van der Waals surface area contributed by atoms with Crippen LogP contribution in [-0.4, -0.2) is 90.7 Å². The van der Waals surface area contributed by atoms with Crippen molar-refractivity contribution in [3.8, 4) is 0 Å². The molecule has 0 radical (unpaired) electrons. The lowest BCUT2D eigenvalue weighted by Gasteiger charge is -2.33. The molecule has 2 atom stereocenters. The standard InChI is InChI=1S/C26H28Cl2N4O6S/c1-37-25(35)20(30-23(33)21-14-39-15-32(21)26(36)31-9-11-38-12-10-31)13-16-5-7-17(8-6-16)29-24(34)22-18(27)3-2-4-19(22)28/h2-8,20-21H,9-15H2,1H3,(H,29,34)(H,30,33)/t20-,21+/m0/s1. The Labute approximate surface area is 240 Å². The number of benzene rings is 2. The molecule has 2 fully saturated rings. The maximum atomic E-state index is 13.2. The van der Waals surface area contributed by atoms with Crippen molar-refractivity contribution in [3.63, 3.8) is 0 Å². The van der Waals surface area contributed by atoms with Crippen LogP contribution >= 0.6 is 35.0 Å². The van der Waals surface area contributed by atoms with Gasteiger partial charge >= 0.3 is 12.0 Å². The predicted octanol–water partition coefficient (Wildman–Crippen LogP) is 3.27. The molecule has 2 aromatic rings. The summed E-state index contributed by atoms with van der Waals surface area (Å²) in [5, 5.41) is 5.98. The minimum Gasteiger partial charge on any atom is -0.467 e. The lowest BCUT2D eigenvalue weighted by Crippen LogP contribution is -2.56. The summed E-state index contributed by atoms with van der Waals surface area (Å²) >= 11 is 13.7. The van der Waals surface area contributed by atoms with Gasteiger partial charge in [-0.25, -0.2) is 9.59 Å². The Hall–Kier alpha value is -2.99. The van der Waals surface area contributed by atoms with Gasteiger partial charge in [-0.15, -0.1) is 11.8 Å². The van der Waals surface area contributed by atoms with E-state index in [1.807, 2.05) is 0 Å². The van der Waals surface area contributed by atoms with Crippen LogP contribution in [0.1, 0.15) is 15.9 Å². The third kappa shape index (κ3) is 7.16. The number of nitrogens with one attached hydrogen (secondary N) is 2. The van der Waals surface area contributed by atoms with Crippen LogP contribution in [0.2, 0.25) is 10.0 Å². The second-order valence-corrected chi connectivity index (χ2v) is 10.7. The highest BCUT2D eigenvalue weighted by Gasteiger charge is 2.38. The number of esters is 1. The maximum absolute atomic E-state index is 13.2. The number of carbonyl (C=O) groups is 4. The number of amides is 4. The van der Waals surface area contributed by atoms with Crippen LogP contribution in [0.15, 0.2) is 42.5 Å². The van der Waals surface area contributed by atoms with Gasteiger partial charge in [-0.3, -0.25) is 9.59 Å². The van der Waals surface area contributed by atoms with Crippen molar-refractivity contribution in [1.29, 1.82) is 0 Å². The van der Waals surface area contributed by atoms with Gasteiger partial charge in [0.1, 0.15) is 12.1 Å². The number of methoxy groups -OCH3 is 1. The first-order chi connectivity index (χ1) is 18.8. The van der Waals surface area contributed by atoms with Crippen molar-refractivity contribution < 1.29 is 28.7 Å². The predicted molar refractivity (Wildman–Crippen MR) is 149 cm³/mol. The number of morpholine rings is 1. The fourth-order valence-electron chi connectivity index (χ4n) is 4.26. The molecule has 2 aliphatic rings. The van der Waals surface area contributed by atoms with E-state index in [2.05, 4.69) is 10.6 Å². The molecule has 4 rings (SSSR count). The smallest absolute Gasteiger partial charge is 0.328 e. The normalized spacial score (nSPS) is 17.9. The Balaban J connectivity index is 1.39. The quantitative estimate of drug-likeness (QED) is 0.472. The molecule has 4 amide bonds. The van der Waals surface area contributed by atoms with Crippen LogP contribution < -0.4 is 10.6 Å². The van der Waals surface area contributed by atoms with E-state index in [1.165, 1.54) is 23.8 Å². The van der Waals surface area contributed by atoms with Gasteiger partial charge in [0.2, 0.25) is 5.91 Å². The van der Waals surface area contributed by atoms with Crippen LogP contribution in [0.4, 0.5) is 10.5 Å². The van der Waals surface area contributed by atoms with Gasteiger partial charge in [0.05, 0.1) is 41.8 Å². The molecule has 13 heteroatoms. The first kappa shape index (κ1) is 29.0. The van der Waals surface area contributed by atoms with Crippen LogP contribution in [0.5, 0.6) is 0 Å². The molecule has 0 aromatic heterocycles. The van der Waals surface area contributed by atoms with Crippen LogP contribution in [0.3, 0.4) is 0 Å². The fraction of sp³-hybridized carbons (Fsp3) is 0.385. The summed E-state index contributed by atoms with van der Waals surface area (Å²) in [6, 6.07) is 9.73. The third-order valence-corrected chi connectivity index (χ3v) is 8.00. The Morgan fingerprint density at radius 1 is 1.08 bits per heavy atom. The van der Waals surface area contributed by atoms with Gasteiger partial charge in [0.25, 0.3) is 5.91 Å². The van der Waals surface area contributed by atoms with Gasteiger partial charge < -0.3 is 29.9 Å². The lowest BCUT2D eigenvalue weighted by atomic mass is 10.0. The van der Waals surface area contributed by atoms with Gasteiger partial charge in [-0.1, -0.05) is 41.4 Å². The number of rotatable bonds is 7. The Bertz CT molecular complexity index is 1210. The average Bonchev–Trinajstić information content (AvgIpc) is 3.43. The van der Waals surface area contributed by atoms with E-state index >= 15 is 0 Å². The van der Waals surface area contributed by atoms with Crippen LogP contribution in [0, 0.1) is 0 Å². The summed E-state index contributed by atoms with van der Waals surface area (Å²) in [5.41, 5.74) is 1.39. The van der Waals surface area contributed by atoms with E-state index in [0.717, 1.165) is 5.56 Å². The number of anilines is 1. The molecular formula is C26H28Cl2N4O6S. The summed E-state index contributed by atoms with van der Waals surface area (Å²) in [5.74, 6) is -0.657. The lowest BCUT2D eigenvalue weighted by molar-refractivity contribution is -0.145. The highest BCUT2D eigenvalue weighted by atomic mass is 35.5. The summed E-state index contributed by atoms with van der Waals surface area (Å²) < 4.78 is 10.2. The van der Waals surface area contributed by atoms with E-state index in [1.54, 1.807) is 47.4 Å². The molecule has 0 bridgehead atoms. The first-order valence-electron chi connectivity index (χ1n) is 12.2. The molecule has 2 aromatic carbocycles. The van der Waals surface area contributed by atoms with Crippen LogP contribution in [-0.2, 0) is 25.5 Å². The van der Waals surface area contributed by atoms with Gasteiger partial charge in [-0.2, -0.15) is 0 Å². The number of carbonyl (C=O) groups excluding carboxylic acids is 4. The summed E-state index contributed by atoms with van der Waals surface area (Å²) in [7, 11) is 1.25. The molecule has 2 aliphatic heterocycles. The van der Waals surface area contributed by atoms with E-state index in [4.69, 9.17) is 32.7 Å². The van der Waals surface area contributed by atoms with Crippen molar-refractivity contribution in [3.05, 3.63) is 63.6 Å². The van der Waals surface area contributed by atoms with Crippen molar-refractivity contribution in [1.82, 2.24) is 15.1 Å². The second kappa shape index (κ2) is 13.4. The fourth-order valence-corrected chi connectivity index (χ4v) is 5.97. The Morgan fingerprint density at radius 2 is 1.74 bits per heavy atom. The van der Waals surface area contributed by atoms with Gasteiger partial charge in [-0.05, 0) is 29.8 Å². The van der Waals surface area contributed by atoms with Gasteiger partial charge in [0, 0.05) is 31.0 Å². The van der Waals surface area contributed by atoms with Crippen molar-refractivity contribution in [2.75, 3.05) is 50.4 Å². The minimum absolute atomic E-state index is 0.153. The van der Waals surface area contributed by atoms with E-state index < -0.39 is 29.9 Å². The van der Waals surface area contributed by atoms with Crippen molar-refractivity contribution in [2.45, 2.75) is 18.5 Å². The molecule has 0 spiro atoms. The van der Waals surface area contributed by atoms with Crippen molar-refractivity contribution >= 4 is 64.5 Å².